The number of hydrogen-bond donors (Lipinski definition) is 1. The second-order valence-electron chi connectivity index (χ2n) is 3.23. The van der Waals surface area contributed by atoms with Crippen LogP contribution in [0.25, 0.3) is 0 Å². The number of nitro groups is 1. The van der Waals surface area contributed by atoms with Crippen molar-refractivity contribution in [2.75, 3.05) is 7.05 Å². The smallest absolute Gasteiger partial charge is 0.310 e. The van der Waals surface area contributed by atoms with Gasteiger partial charge >= 0.3 is 5.00 Å². The number of hydrogen-bond acceptors (Lipinski definition) is 4. The highest BCUT2D eigenvalue weighted by atomic mass is 32.1. The molecule has 1 aromatic rings. The summed E-state index contributed by atoms with van der Waals surface area (Å²) in [6.45, 7) is 0. The van der Waals surface area contributed by atoms with Crippen molar-refractivity contribution in [2.24, 2.45) is 0 Å². The summed E-state index contributed by atoms with van der Waals surface area (Å²) in [6, 6.07) is 3.43. The summed E-state index contributed by atoms with van der Waals surface area (Å²) in [5.41, 5.74) is 0.0545. The van der Waals surface area contributed by atoms with Crippen molar-refractivity contribution in [3.05, 3.63) is 27.1 Å². The lowest BCUT2D eigenvalue weighted by Gasteiger charge is -2.09. The number of thiophene rings is 1. The summed E-state index contributed by atoms with van der Waals surface area (Å²) < 4.78 is 0. The molecule has 1 aliphatic rings. The van der Waals surface area contributed by atoms with Crippen molar-refractivity contribution < 1.29 is 4.92 Å². The fourth-order valence-electron chi connectivity index (χ4n) is 1.43. The van der Waals surface area contributed by atoms with E-state index in [1.54, 1.807) is 6.07 Å². The van der Waals surface area contributed by atoms with Gasteiger partial charge in [0.1, 0.15) is 0 Å². The Morgan fingerprint density at radius 2 is 2.31 bits per heavy atom. The summed E-state index contributed by atoms with van der Waals surface area (Å²) in [5, 5.41) is 13.9. The van der Waals surface area contributed by atoms with Crippen molar-refractivity contribution in [1.29, 1.82) is 0 Å². The van der Waals surface area contributed by atoms with Gasteiger partial charge in [-0.3, -0.25) is 10.1 Å². The van der Waals surface area contributed by atoms with Gasteiger partial charge < -0.3 is 5.32 Å². The van der Waals surface area contributed by atoms with E-state index in [9.17, 15) is 10.1 Å². The Bertz CT molecular complexity index is 344. The Morgan fingerprint density at radius 1 is 1.62 bits per heavy atom. The number of nitrogens with zero attached hydrogens (tertiary/aromatic N) is 1. The van der Waals surface area contributed by atoms with Gasteiger partial charge in [-0.1, -0.05) is 11.3 Å². The topological polar surface area (TPSA) is 55.2 Å². The zero-order valence-electron chi connectivity index (χ0n) is 7.24. The zero-order chi connectivity index (χ0) is 9.47. The molecule has 1 heterocycles. The lowest BCUT2D eigenvalue weighted by molar-refractivity contribution is -0.380. The van der Waals surface area contributed by atoms with Gasteiger partial charge in [-0.15, -0.1) is 0 Å². The average molecular weight is 198 g/mol. The number of rotatable bonds is 3. The molecule has 1 aliphatic carbocycles. The van der Waals surface area contributed by atoms with E-state index in [4.69, 9.17) is 0 Å². The third-order valence-corrected chi connectivity index (χ3v) is 3.71. The van der Waals surface area contributed by atoms with Crippen LogP contribution in [-0.4, -0.2) is 12.0 Å². The van der Waals surface area contributed by atoms with E-state index in [1.807, 2.05) is 13.1 Å². The van der Waals surface area contributed by atoms with Crippen molar-refractivity contribution in [3.63, 3.8) is 0 Å². The van der Waals surface area contributed by atoms with Crippen molar-refractivity contribution in [2.45, 2.75) is 18.4 Å². The van der Waals surface area contributed by atoms with Crippen LogP contribution in [0.2, 0.25) is 0 Å². The molecule has 0 amide bonds. The molecule has 70 valence electrons. The van der Waals surface area contributed by atoms with Crippen LogP contribution in [0.3, 0.4) is 0 Å². The summed E-state index contributed by atoms with van der Waals surface area (Å²) in [5.74, 6) is 0. The van der Waals surface area contributed by atoms with Crippen LogP contribution in [-0.2, 0) is 5.54 Å². The van der Waals surface area contributed by atoms with Gasteiger partial charge in [-0.25, -0.2) is 0 Å². The largest absolute Gasteiger partial charge is 0.324 e. The Kier molecular flexibility index (Phi) is 1.85. The maximum atomic E-state index is 10.4. The van der Waals surface area contributed by atoms with E-state index in [-0.39, 0.29) is 15.5 Å². The molecule has 5 heteroatoms. The van der Waals surface area contributed by atoms with Crippen molar-refractivity contribution in [3.8, 4) is 0 Å². The summed E-state index contributed by atoms with van der Waals surface area (Å²) in [4.78, 5) is 11.2. The molecule has 1 N–H and O–H groups in total. The third-order valence-electron chi connectivity index (χ3n) is 2.47. The maximum Gasteiger partial charge on any atom is 0.324 e. The Balaban J connectivity index is 2.28. The molecule has 1 aromatic heterocycles. The molecule has 0 bridgehead atoms. The summed E-state index contributed by atoms with van der Waals surface area (Å²) in [6.07, 6.45) is 2.17. The highest BCUT2D eigenvalue weighted by molar-refractivity contribution is 7.15. The molecule has 1 saturated carbocycles. The van der Waals surface area contributed by atoms with Crippen LogP contribution in [0.1, 0.15) is 17.7 Å². The summed E-state index contributed by atoms with van der Waals surface area (Å²) in [7, 11) is 1.90. The van der Waals surface area contributed by atoms with E-state index in [1.165, 1.54) is 11.3 Å². The summed E-state index contributed by atoms with van der Waals surface area (Å²) >= 11 is 1.27. The van der Waals surface area contributed by atoms with Gasteiger partial charge in [0.2, 0.25) is 0 Å². The van der Waals surface area contributed by atoms with Crippen LogP contribution in [0.4, 0.5) is 5.00 Å². The highest BCUT2D eigenvalue weighted by Crippen LogP contribution is 2.48. The van der Waals surface area contributed by atoms with Crippen molar-refractivity contribution in [1.82, 2.24) is 5.32 Å². The van der Waals surface area contributed by atoms with Crippen LogP contribution in [0.5, 0.6) is 0 Å². The van der Waals surface area contributed by atoms with E-state index >= 15 is 0 Å². The molecule has 0 aromatic carbocycles. The molecule has 0 aliphatic heterocycles. The number of nitrogens with one attached hydrogen (secondary N) is 1. The highest BCUT2D eigenvalue weighted by Gasteiger charge is 2.44. The molecule has 0 unspecified atom stereocenters. The third kappa shape index (κ3) is 1.34. The van der Waals surface area contributed by atoms with E-state index in [2.05, 4.69) is 5.32 Å². The Morgan fingerprint density at radius 3 is 2.69 bits per heavy atom. The van der Waals surface area contributed by atoms with Gasteiger partial charge in [-0.05, 0) is 26.0 Å². The predicted octanol–water partition coefficient (Wildman–Crippen LogP) is 1.86. The van der Waals surface area contributed by atoms with E-state index in [0.717, 1.165) is 17.7 Å². The van der Waals surface area contributed by atoms with Crippen LogP contribution in [0, 0.1) is 10.1 Å². The monoisotopic (exact) mass is 198 g/mol. The van der Waals surface area contributed by atoms with Gasteiger partial charge in [0.05, 0.1) is 10.5 Å². The minimum atomic E-state index is -0.333. The second-order valence-corrected chi connectivity index (χ2v) is 4.29. The minimum absolute atomic E-state index is 0.0545. The molecule has 2 rings (SSSR count). The van der Waals surface area contributed by atoms with Gasteiger partial charge in [0, 0.05) is 10.9 Å². The van der Waals surface area contributed by atoms with Gasteiger partial charge in [0.25, 0.3) is 0 Å². The van der Waals surface area contributed by atoms with Crippen LogP contribution in [0.15, 0.2) is 12.1 Å². The molecule has 0 radical (unpaired) electrons. The normalized spacial score (nSPS) is 18.5. The standard InChI is InChI=1S/C8H10N2O2S/c1-9-8(4-5-8)6-2-3-7(13-6)10(11)12/h2-3,9H,4-5H2,1H3. The lowest BCUT2D eigenvalue weighted by atomic mass is 10.2. The molecule has 0 spiro atoms. The predicted molar refractivity (Wildman–Crippen MR) is 50.9 cm³/mol. The van der Waals surface area contributed by atoms with Crippen molar-refractivity contribution >= 4 is 16.3 Å². The minimum Gasteiger partial charge on any atom is -0.310 e. The fourth-order valence-corrected chi connectivity index (χ4v) is 2.50. The van der Waals surface area contributed by atoms with Gasteiger partial charge in [-0.2, -0.15) is 0 Å². The SMILES string of the molecule is CNC1(c2ccc([N+](=O)[O-])s2)CC1. The molecule has 0 atom stereocenters. The van der Waals surface area contributed by atoms with E-state index in [0.29, 0.717) is 0 Å². The Labute approximate surface area is 79.7 Å². The first-order valence-corrected chi connectivity index (χ1v) is 4.93. The first-order valence-electron chi connectivity index (χ1n) is 4.11. The molecular formula is C8H10N2O2S. The maximum absolute atomic E-state index is 10.4. The lowest BCUT2D eigenvalue weighted by Crippen LogP contribution is -2.22. The molecule has 1 fully saturated rings. The van der Waals surface area contributed by atoms with Crippen LogP contribution < -0.4 is 5.32 Å². The zero-order valence-corrected chi connectivity index (χ0v) is 8.06. The molecular weight excluding hydrogens is 188 g/mol. The van der Waals surface area contributed by atoms with E-state index < -0.39 is 0 Å². The fraction of sp³-hybridized carbons (Fsp3) is 0.500. The van der Waals surface area contributed by atoms with Gasteiger partial charge in [0.15, 0.2) is 0 Å². The molecule has 0 saturated heterocycles. The Hall–Kier alpha value is -0.940. The first kappa shape index (κ1) is 8.65. The second kappa shape index (κ2) is 2.78. The quantitative estimate of drug-likeness (QED) is 0.595. The average Bonchev–Trinajstić information content (AvgIpc) is 2.75. The molecule has 4 nitrogen and oxygen atoms in total. The molecule has 13 heavy (non-hydrogen) atoms. The van der Waals surface area contributed by atoms with Crippen LogP contribution >= 0.6 is 11.3 Å². The first-order chi connectivity index (χ1) is 6.18.